The average Bonchev–Trinajstić information content (AvgIpc) is 2.77. The van der Waals surface area contributed by atoms with Crippen LogP contribution in [0.2, 0.25) is 0 Å². The minimum absolute atomic E-state index is 0.0699. The first kappa shape index (κ1) is 22.0. The lowest BCUT2D eigenvalue weighted by Gasteiger charge is -2.27. The number of nitrogens with zero attached hydrogens (tertiary/aromatic N) is 1. The van der Waals surface area contributed by atoms with Gasteiger partial charge in [-0.2, -0.15) is 13.2 Å². The molecule has 0 radical (unpaired) electrons. The van der Waals surface area contributed by atoms with E-state index in [1.54, 1.807) is 6.07 Å². The van der Waals surface area contributed by atoms with E-state index < -0.39 is 23.1 Å². The fraction of sp³-hybridized carbons (Fsp3) is 0.318. The summed E-state index contributed by atoms with van der Waals surface area (Å²) in [4.78, 5) is 15.0. The molecule has 1 aliphatic heterocycles. The maximum Gasteiger partial charge on any atom is 0.453 e. The summed E-state index contributed by atoms with van der Waals surface area (Å²) >= 11 is 0. The zero-order chi connectivity index (χ0) is 22.9. The predicted molar refractivity (Wildman–Crippen MR) is 108 cm³/mol. The van der Waals surface area contributed by atoms with Crippen molar-refractivity contribution >= 4 is 11.0 Å². The monoisotopic (exact) mass is 451 g/mol. The fourth-order valence-corrected chi connectivity index (χ4v) is 3.51. The number of ether oxygens (including phenoxy) is 3. The van der Waals surface area contributed by atoms with Gasteiger partial charge in [0, 0.05) is 19.6 Å². The van der Waals surface area contributed by atoms with E-state index in [1.165, 1.54) is 37.4 Å². The number of alkyl halides is 3. The summed E-state index contributed by atoms with van der Waals surface area (Å²) in [6, 6.07) is 8.49. The van der Waals surface area contributed by atoms with E-state index in [2.05, 4.69) is 0 Å². The summed E-state index contributed by atoms with van der Waals surface area (Å²) in [5.74, 6) is -2.77. The van der Waals surface area contributed by atoms with Crippen molar-refractivity contribution in [3.63, 3.8) is 0 Å². The lowest BCUT2D eigenvalue weighted by molar-refractivity contribution is -0.154. The highest BCUT2D eigenvalue weighted by atomic mass is 19.4. The molecule has 170 valence electrons. The smallest absolute Gasteiger partial charge is 0.453 e. The molecule has 3 aromatic rings. The fourth-order valence-electron chi connectivity index (χ4n) is 3.51. The Morgan fingerprint density at radius 2 is 1.78 bits per heavy atom. The van der Waals surface area contributed by atoms with Crippen LogP contribution in [0.4, 0.5) is 13.2 Å². The molecule has 4 rings (SSSR count). The molecular weight excluding hydrogens is 431 g/mol. The molecule has 0 bridgehead atoms. The Balaban J connectivity index is 1.89. The summed E-state index contributed by atoms with van der Waals surface area (Å²) in [6.07, 6.45) is -5.02. The molecule has 0 amide bonds. The first-order valence-electron chi connectivity index (χ1n) is 9.79. The third-order valence-corrected chi connectivity index (χ3v) is 5.12. The van der Waals surface area contributed by atoms with Crippen molar-refractivity contribution in [2.75, 3.05) is 33.4 Å². The normalized spacial score (nSPS) is 15.1. The van der Waals surface area contributed by atoms with Crippen LogP contribution in [-0.2, 0) is 17.5 Å². The second kappa shape index (κ2) is 8.71. The van der Waals surface area contributed by atoms with E-state index >= 15 is 0 Å². The van der Waals surface area contributed by atoms with Crippen molar-refractivity contribution in [2.24, 2.45) is 0 Å². The molecule has 2 heterocycles. The standard InChI is InChI=1S/C22H20F3NO6/c1-29-16-4-2-3-5-17(16)31-20-18(28)13-6-7-15(27)14(12-26-8-10-30-11-9-26)19(13)32-21(20)22(23,24)25/h2-7,27H,8-12H2,1H3. The number of fused-ring (bicyclic) bond motifs is 1. The SMILES string of the molecule is COc1ccccc1Oc1c(C(F)(F)F)oc2c(CN3CCOCC3)c(O)ccc2c1=O. The Bertz CT molecular complexity index is 1180. The molecule has 1 N–H and O–H groups in total. The first-order chi connectivity index (χ1) is 15.3. The number of phenols is 1. The minimum atomic E-state index is -5.02. The van der Waals surface area contributed by atoms with Crippen LogP contribution in [0.25, 0.3) is 11.0 Å². The minimum Gasteiger partial charge on any atom is -0.507 e. The Kier molecular flexibility index (Phi) is 5.98. The number of para-hydroxylation sites is 2. The van der Waals surface area contributed by atoms with Crippen LogP contribution >= 0.6 is 0 Å². The van der Waals surface area contributed by atoms with Crippen LogP contribution in [0.15, 0.2) is 45.6 Å². The van der Waals surface area contributed by atoms with Crippen LogP contribution in [-0.4, -0.2) is 43.4 Å². The highest BCUT2D eigenvalue weighted by Gasteiger charge is 2.41. The van der Waals surface area contributed by atoms with Gasteiger partial charge < -0.3 is 23.7 Å². The molecule has 32 heavy (non-hydrogen) atoms. The van der Waals surface area contributed by atoms with Gasteiger partial charge in [0.05, 0.1) is 31.3 Å². The van der Waals surface area contributed by atoms with Gasteiger partial charge in [-0.15, -0.1) is 0 Å². The van der Waals surface area contributed by atoms with Crippen molar-refractivity contribution in [1.82, 2.24) is 4.90 Å². The second-order valence-corrected chi connectivity index (χ2v) is 7.17. The Hall–Kier alpha value is -3.24. The van der Waals surface area contributed by atoms with Crippen molar-refractivity contribution < 1.29 is 36.9 Å². The van der Waals surface area contributed by atoms with Gasteiger partial charge in [0.15, 0.2) is 11.5 Å². The summed E-state index contributed by atoms with van der Waals surface area (Å²) in [7, 11) is 1.33. The van der Waals surface area contributed by atoms with Gasteiger partial charge >= 0.3 is 6.18 Å². The molecule has 10 heteroatoms. The van der Waals surface area contributed by atoms with E-state index in [0.29, 0.717) is 26.3 Å². The maximum absolute atomic E-state index is 13.9. The van der Waals surface area contributed by atoms with Gasteiger partial charge in [0.25, 0.3) is 5.76 Å². The van der Waals surface area contributed by atoms with Gasteiger partial charge in [-0.1, -0.05) is 12.1 Å². The summed E-state index contributed by atoms with van der Waals surface area (Å²) in [5.41, 5.74) is -1.25. The van der Waals surface area contributed by atoms with Gasteiger partial charge in [0.2, 0.25) is 11.2 Å². The highest BCUT2D eigenvalue weighted by molar-refractivity contribution is 5.83. The molecule has 0 saturated carbocycles. The van der Waals surface area contributed by atoms with E-state index in [9.17, 15) is 23.1 Å². The zero-order valence-corrected chi connectivity index (χ0v) is 17.1. The van der Waals surface area contributed by atoms with Crippen LogP contribution in [0.1, 0.15) is 11.3 Å². The predicted octanol–water partition coefficient (Wildman–Crippen LogP) is 4.15. The van der Waals surface area contributed by atoms with E-state index in [-0.39, 0.29) is 40.3 Å². The Morgan fingerprint density at radius 1 is 1.09 bits per heavy atom. The number of halogens is 3. The largest absolute Gasteiger partial charge is 0.507 e. The van der Waals surface area contributed by atoms with Crippen LogP contribution in [0.3, 0.4) is 0 Å². The lowest BCUT2D eigenvalue weighted by atomic mass is 10.1. The Labute approximate surface area is 180 Å². The average molecular weight is 451 g/mol. The molecule has 1 fully saturated rings. The first-order valence-corrected chi connectivity index (χ1v) is 9.79. The van der Waals surface area contributed by atoms with Gasteiger partial charge in [0.1, 0.15) is 11.3 Å². The summed E-state index contributed by atoms with van der Waals surface area (Å²) in [5, 5.41) is 10.2. The third-order valence-electron chi connectivity index (χ3n) is 5.12. The number of benzene rings is 2. The molecule has 0 spiro atoms. The molecule has 1 aromatic heterocycles. The summed E-state index contributed by atoms with van der Waals surface area (Å²) < 4.78 is 62.7. The number of hydrogen-bond acceptors (Lipinski definition) is 7. The molecular formula is C22H20F3NO6. The molecule has 0 atom stereocenters. The molecule has 7 nitrogen and oxygen atoms in total. The topological polar surface area (TPSA) is 81.4 Å². The zero-order valence-electron chi connectivity index (χ0n) is 17.1. The molecule has 0 aliphatic carbocycles. The van der Waals surface area contributed by atoms with E-state index in [0.717, 1.165) is 0 Å². The Morgan fingerprint density at radius 3 is 2.44 bits per heavy atom. The quantitative estimate of drug-likeness (QED) is 0.624. The molecule has 2 aromatic carbocycles. The number of phenolic OH excluding ortho intramolecular Hbond substituents is 1. The van der Waals surface area contributed by atoms with Crippen LogP contribution in [0, 0.1) is 0 Å². The number of aromatic hydroxyl groups is 1. The maximum atomic E-state index is 13.9. The number of morpholine rings is 1. The van der Waals surface area contributed by atoms with Crippen molar-refractivity contribution in [1.29, 1.82) is 0 Å². The van der Waals surface area contributed by atoms with Crippen LogP contribution in [0.5, 0.6) is 23.0 Å². The van der Waals surface area contributed by atoms with Crippen molar-refractivity contribution in [3.05, 3.63) is 57.9 Å². The van der Waals surface area contributed by atoms with Crippen molar-refractivity contribution in [2.45, 2.75) is 12.7 Å². The van der Waals surface area contributed by atoms with Crippen molar-refractivity contribution in [3.8, 4) is 23.0 Å². The van der Waals surface area contributed by atoms with Crippen LogP contribution < -0.4 is 14.9 Å². The van der Waals surface area contributed by atoms with Gasteiger partial charge in [-0.3, -0.25) is 9.69 Å². The van der Waals surface area contributed by atoms with E-state index in [4.69, 9.17) is 18.6 Å². The van der Waals surface area contributed by atoms with Gasteiger partial charge in [-0.25, -0.2) is 0 Å². The van der Waals surface area contributed by atoms with Gasteiger partial charge in [-0.05, 0) is 24.3 Å². The lowest BCUT2D eigenvalue weighted by Crippen LogP contribution is -2.35. The highest BCUT2D eigenvalue weighted by Crippen LogP contribution is 2.41. The summed E-state index contributed by atoms with van der Waals surface area (Å²) in [6.45, 7) is 2.07. The molecule has 1 aliphatic rings. The molecule has 0 unspecified atom stereocenters. The third kappa shape index (κ3) is 4.23. The second-order valence-electron chi connectivity index (χ2n) is 7.17. The number of methoxy groups -OCH3 is 1. The number of hydrogen-bond donors (Lipinski definition) is 1. The molecule has 1 saturated heterocycles. The van der Waals surface area contributed by atoms with E-state index in [1.807, 2.05) is 4.90 Å². The number of rotatable bonds is 5.